The summed E-state index contributed by atoms with van der Waals surface area (Å²) in [5.41, 5.74) is 0. The van der Waals surface area contributed by atoms with Crippen LogP contribution in [0.1, 0.15) is 19.3 Å². The Morgan fingerprint density at radius 3 is 2.83 bits per heavy atom. The standard InChI is InChI=1S/C8H13N3O/c9-6-11-8(12)5-7-1-3-10-4-2-7/h7,10H,1-5H2,(H,11,12). The van der Waals surface area contributed by atoms with Crippen LogP contribution in [-0.4, -0.2) is 19.0 Å². The van der Waals surface area contributed by atoms with Crippen LogP contribution in [0.3, 0.4) is 0 Å². The van der Waals surface area contributed by atoms with E-state index < -0.39 is 0 Å². The van der Waals surface area contributed by atoms with Gasteiger partial charge in [0.25, 0.3) is 0 Å². The van der Waals surface area contributed by atoms with E-state index in [0.717, 1.165) is 25.9 Å². The molecule has 66 valence electrons. The molecule has 4 heteroatoms. The molecule has 0 aromatic carbocycles. The van der Waals surface area contributed by atoms with Gasteiger partial charge in [-0.2, -0.15) is 5.26 Å². The Morgan fingerprint density at radius 1 is 1.58 bits per heavy atom. The lowest BCUT2D eigenvalue weighted by molar-refractivity contribution is -0.121. The molecule has 0 aromatic heterocycles. The molecule has 1 saturated heterocycles. The fourth-order valence-electron chi connectivity index (χ4n) is 1.46. The van der Waals surface area contributed by atoms with Gasteiger partial charge in [0.05, 0.1) is 0 Å². The summed E-state index contributed by atoms with van der Waals surface area (Å²) >= 11 is 0. The highest BCUT2D eigenvalue weighted by Crippen LogP contribution is 2.15. The van der Waals surface area contributed by atoms with Crippen molar-refractivity contribution in [3.05, 3.63) is 0 Å². The van der Waals surface area contributed by atoms with Gasteiger partial charge in [-0.15, -0.1) is 0 Å². The van der Waals surface area contributed by atoms with Crippen LogP contribution in [0.25, 0.3) is 0 Å². The van der Waals surface area contributed by atoms with E-state index in [1.807, 2.05) is 0 Å². The minimum atomic E-state index is -0.149. The lowest BCUT2D eigenvalue weighted by Crippen LogP contribution is -2.31. The number of nitriles is 1. The number of piperidine rings is 1. The van der Waals surface area contributed by atoms with Crippen molar-refractivity contribution in [1.82, 2.24) is 10.6 Å². The molecule has 0 atom stereocenters. The van der Waals surface area contributed by atoms with Gasteiger partial charge in [-0.05, 0) is 31.8 Å². The van der Waals surface area contributed by atoms with E-state index in [1.54, 1.807) is 6.19 Å². The summed E-state index contributed by atoms with van der Waals surface area (Å²) in [7, 11) is 0. The first-order valence-corrected chi connectivity index (χ1v) is 4.21. The van der Waals surface area contributed by atoms with Crippen molar-refractivity contribution in [2.75, 3.05) is 13.1 Å². The maximum Gasteiger partial charge on any atom is 0.233 e. The summed E-state index contributed by atoms with van der Waals surface area (Å²) in [6.45, 7) is 1.98. The normalized spacial score (nSPS) is 18.2. The average molecular weight is 167 g/mol. The van der Waals surface area contributed by atoms with E-state index in [1.165, 1.54) is 0 Å². The van der Waals surface area contributed by atoms with Gasteiger partial charge in [0.2, 0.25) is 5.91 Å². The molecule has 0 aromatic rings. The van der Waals surface area contributed by atoms with Crippen LogP contribution >= 0.6 is 0 Å². The molecule has 0 unspecified atom stereocenters. The van der Waals surface area contributed by atoms with Crippen LogP contribution < -0.4 is 10.6 Å². The second-order valence-electron chi connectivity index (χ2n) is 3.06. The van der Waals surface area contributed by atoms with Gasteiger partial charge in [-0.25, -0.2) is 0 Å². The van der Waals surface area contributed by atoms with Gasteiger partial charge in [0.15, 0.2) is 6.19 Å². The van der Waals surface area contributed by atoms with Gasteiger partial charge in [-0.1, -0.05) is 0 Å². The zero-order valence-electron chi connectivity index (χ0n) is 6.97. The Balaban J connectivity index is 2.21. The topological polar surface area (TPSA) is 64.9 Å². The van der Waals surface area contributed by atoms with Crippen molar-refractivity contribution in [3.8, 4) is 6.19 Å². The summed E-state index contributed by atoms with van der Waals surface area (Å²) < 4.78 is 0. The third kappa shape index (κ3) is 2.89. The first kappa shape index (κ1) is 9.01. The molecule has 0 spiro atoms. The number of amides is 1. The van der Waals surface area contributed by atoms with E-state index in [4.69, 9.17) is 5.26 Å². The number of hydrogen-bond acceptors (Lipinski definition) is 3. The second-order valence-corrected chi connectivity index (χ2v) is 3.06. The Labute approximate surface area is 71.9 Å². The summed E-state index contributed by atoms with van der Waals surface area (Å²) in [5, 5.41) is 13.5. The number of carbonyl (C=O) groups is 1. The maximum atomic E-state index is 11.0. The third-order valence-electron chi connectivity index (χ3n) is 2.13. The first-order chi connectivity index (χ1) is 5.83. The first-order valence-electron chi connectivity index (χ1n) is 4.21. The highest BCUT2D eigenvalue weighted by Gasteiger charge is 2.15. The van der Waals surface area contributed by atoms with Crippen LogP contribution in [0.4, 0.5) is 0 Å². The number of nitrogens with zero attached hydrogens (tertiary/aromatic N) is 1. The SMILES string of the molecule is N#CNC(=O)CC1CCNCC1. The van der Waals surface area contributed by atoms with Crippen molar-refractivity contribution >= 4 is 5.91 Å². The largest absolute Gasteiger partial charge is 0.317 e. The number of nitrogens with one attached hydrogen (secondary N) is 2. The van der Waals surface area contributed by atoms with Crippen LogP contribution in [-0.2, 0) is 4.79 Å². The highest BCUT2D eigenvalue weighted by atomic mass is 16.1. The summed E-state index contributed by atoms with van der Waals surface area (Å²) in [5.74, 6) is 0.309. The van der Waals surface area contributed by atoms with Crippen molar-refractivity contribution in [2.45, 2.75) is 19.3 Å². The van der Waals surface area contributed by atoms with Crippen molar-refractivity contribution in [3.63, 3.8) is 0 Å². The minimum absolute atomic E-state index is 0.149. The molecule has 1 amide bonds. The molecular formula is C8H13N3O. The van der Waals surface area contributed by atoms with Gasteiger partial charge in [0, 0.05) is 6.42 Å². The van der Waals surface area contributed by atoms with E-state index in [0.29, 0.717) is 12.3 Å². The van der Waals surface area contributed by atoms with Crippen LogP contribution in [0.15, 0.2) is 0 Å². The second kappa shape index (κ2) is 4.73. The lowest BCUT2D eigenvalue weighted by atomic mass is 9.94. The van der Waals surface area contributed by atoms with Gasteiger partial charge >= 0.3 is 0 Å². The monoisotopic (exact) mass is 167 g/mol. The Kier molecular flexibility index (Phi) is 3.55. The van der Waals surface area contributed by atoms with Gasteiger partial charge < -0.3 is 5.32 Å². The highest BCUT2D eigenvalue weighted by molar-refractivity contribution is 5.77. The smallest absolute Gasteiger partial charge is 0.233 e. The molecular weight excluding hydrogens is 154 g/mol. The summed E-state index contributed by atoms with van der Waals surface area (Å²) in [6.07, 6.45) is 4.22. The third-order valence-corrected chi connectivity index (χ3v) is 2.13. The Hall–Kier alpha value is -1.08. The van der Waals surface area contributed by atoms with Crippen molar-refractivity contribution < 1.29 is 4.79 Å². The van der Waals surface area contributed by atoms with Gasteiger partial charge in [-0.3, -0.25) is 10.1 Å². The molecule has 0 saturated carbocycles. The Morgan fingerprint density at radius 2 is 2.25 bits per heavy atom. The molecule has 0 aliphatic carbocycles. The maximum absolute atomic E-state index is 11.0. The lowest BCUT2D eigenvalue weighted by Gasteiger charge is -2.21. The van der Waals surface area contributed by atoms with E-state index in [-0.39, 0.29) is 5.91 Å². The molecule has 0 bridgehead atoms. The predicted octanol–water partition coefficient (Wildman–Crippen LogP) is -0.0266. The molecule has 2 N–H and O–H groups in total. The Bertz CT molecular complexity index is 191. The molecule has 1 fully saturated rings. The molecule has 1 aliphatic heterocycles. The minimum Gasteiger partial charge on any atom is -0.317 e. The summed E-state index contributed by atoms with van der Waals surface area (Å²) in [6, 6.07) is 0. The molecule has 4 nitrogen and oxygen atoms in total. The molecule has 0 radical (unpaired) electrons. The van der Waals surface area contributed by atoms with Gasteiger partial charge in [0.1, 0.15) is 0 Å². The summed E-state index contributed by atoms with van der Waals surface area (Å²) in [4.78, 5) is 11.0. The van der Waals surface area contributed by atoms with Crippen LogP contribution in [0.5, 0.6) is 0 Å². The quantitative estimate of drug-likeness (QED) is 0.448. The number of rotatable bonds is 2. The molecule has 1 rings (SSSR count). The fraction of sp³-hybridized carbons (Fsp3) is 0.750. The average Bonchev–Trinajstić information content (AvgIpc) is 2.06. The molecule has 1 aliphatic rings. The van der Waals surface area contributed by atoms with Crippen LogP contribution in [0.2, 0.25) is 0 Å². The number of hydrogen-bond donors (Lipinski definition) is 2. The van der Waals surface area contributed by atoms with Crippen LogP contribution in [0, 0.1) is 17.4 Å². The number of carbonyl (C=O) groups excluding carboxylic acids is 1. The molecule has 1 heterocycles. The van der Waals surface area contributed by atoms with E-state index in [2.05, 4.69) is 10.6 Å². The van der Waals surface area contributed by atoms with Crippen molar-refractivity contribution in [1.29, 1.82) is 5.26 Å². The van der Waals surface area contributed by atoms with Crippen molar-refractivity contribution in [2.24, 2.45) is 5.92 Å². The molecule has 12 heavy (non-hydrogen) atoms. The van der Waals surface area contributed by atoms with E-state index in [9.17, 15) is 4.79 Å². The predicted molar refractivity (Wildman–Crippen MR) is 44.0 cm³/mol. The fourth-order valence-corrected chi connectivity index (χ4v) is 1.46. The zero-order chi connectivity index (χ0) is 8.81. The van der Waals surface area contributed by atoms with E-state index >= 15 is 0 Å². The zero-order valence-corrected chi connectivity index (χ0v) is 6.97.